The Bertz CT molecular complexity index is 82.6. The monoisotopic (exact) mass is 158 g/mol. The van der Waals surface area contributed by atoms with Gasteiger partial charge < -0.3 is 9.47 Å². The van der Waals surface area contributed by atoms with Crippen molar-refractivity contribution in [1.82, 2.24) is 0 Å². The molecule has 0 fully saturated rings. The first kappa shape index (κ1) is 7.85. The zero-order chi connectivity index (χ0) is 6.57. The highest BCUT2D eigenvalue weighted by atomic mass is 35.5. The van der Waals surface area contributed by atoms with E-state index in [2.05, 4.69) is 9.47 Å². The first-order chi connectivity index (χ1) is 3.66. The van der Waals surface area contributed by atoms with Crippen LogP contribution in [-0.4, -0.2) is 18.3 Å². The number of rotatable bonds is 1. The fraction of sp³-hybridized carbons (Fsp3) is 0.667. The minimum atomic E-state index is -1.15. The fourth-order valence-electron chi connectivity index (χ4n) is 0.121. The normalized spacial score (nSPS) is 9.00. The van der Waals surface area contributed by atoms with E-state index in [0.717, 1.165) is 0 Å². The lowest BCUT2D eigenvalue weighted by atomic mass is 11.3. The Kier molecular flexibility index (Phi) is 3.73. The molecule has 0 aliphatic heterocycles. The van der Waals surface area contributed by atoms with Crippen molar-refractivity contribution in [3.05, 3.63) is 0 Å². The van der Waals surface area contributed by atoms with Gasteiger partial charge in [-0.1, -0.05) is 23.2 Å². The molecule has 3 nitrogen and oxygen atoms in total. The number of methoxy groups -OCH3 is 1. The maximum absolute atomic E-state index is 10.0. The Hall–Kier alpha value is -0.150. The number of ether oxygens (including phenoxy) is 2. The summed E-state index contributed by atoms with van der Waals surface area (Å²) in [6.45, 7) is 0. The van der Waals surface area contributed by atoms with Crippen LogP contribution in [0.4, 0.5) is 4.79 Å². The molecule has 0 rings (SSSR count). The molecule has 0 heterocycles. The van der Waals surface area contributed by atoms with Gasteiger partial charge in [-0.05, 0) is 0 Å². The molecule has 0 aromatic heterocycles. The van der Waals surface area contributed by atoms with Gasteiger partial charge in [0, 0.05) is 0 Å². The molecular formula is C3H4Cl2O3. The van der Waals surface area contributed by atoms with Crippen LogP contribution in [0, 0.1) is 0 Å². The van der Waals surface area contributed by atoms with Crippen molar-refractivity contribution < 1.29 is 14.3 Å². The predicted octanol–water partition coefficient (Wildman–Crippen LogP) is 1.53. The van der Waals surface area contributed by atoms with Crippen LogP contribution >= 0.6 is 23.2 Å². The van der Waals surface area contributed by atoms with E-state index in [4.69, 9.17) is 23.2 Å². The lowest BCUT2D eigenvalue weighted by molar-refractivity contribution is 0.0791. The van der Waals surface area contributed by atoms with Gasteiger partial charge in [0.05, 0.1) is 7.11 Å². The minimum absolute atomic E-state index is 0.889. The van der Waals surface area contributed by atoms with Crippen LogP contribution in [-0.2, 0) is 9.47 Å². The molecule has 0 saturated carbocycles. The van der Waals surface area contributed by atoms with Gasteiger partial charge in [-0.15, -0.1) is 0 Å². The molecule has 0 spiro atoms. The summed E-state index contributed by atoms with van der Waals surface area (Å²) in [5, 5.41) is -1.15. The fourth-order valence-corrected chi connectivity index (χ4v) is 0.266. The Morgan fingerprint density at radius 3 is 2.25 bits per heavy atom. The van der Waals surface area contributed by atoms with Gasteiger partial charge >= 0.3 is 6.16 Å². The van der Waals surface area contributed by atoms with Crippen molar-refractivity contribution >= 4 is 29.4 Å². The molecule has 0 aliphatic rings. The van der Waals surface area contributed by atoms with Crippen LogP contribution in [0.15, 0.2) is 0 Å². The summed E-state index contributed by atoms with van der Waals surface area (Å²) in [6, 6.07) is 0. The molecule has 0 N–H and O–H groups in total. The van der Waals surface area contributed by atoms with Crippen molar-refractivity contribution in [2.24, 2.45) is 0 Å². The summed E-state index contributed by atoms with van der Waals surface area (Å²) in [7, 11) is 1.17. The molecule has 0 atom stereocenters. The average molecular weight is 159 g/mol. The van der Waals surface area contributed by atoms with Gasteiger partial charge in [0.1, 0.15) is 0 Å². The Labute approximate surface area is 56.5 Å². The largest absolute Gasteiger partial charge is 0.510 e. The smallest absolute Gasteiger partial charge is 0.438 e. The van der Waals surface area contributed by atoms with E-state index in [0.29, 0.717) is 0 Å². The second-order valence-electron chi connectivity index (χ2n) is 0.833. The molecule has 0 aliphatic carbocycles. The molecular weight excluding hydrogens is 155 g/mol. The highest BCUT2D eigenvalue weighted by Gasteiger charge is 2.05. The molecule has 0 unspecified atom stereocenters. The maximum Gasteiger partial charge on any atom is 0.510 e. The number of carbonyl (C=O) groups is 1. The molecule has 8 heavy (non-hydrogen) atoms. The van der Waals surface area contributed by atoms with Crippen LogP contribution in [0.5, 0.6) is 0 Å². The van der Waals surface area contributed by atoms with Crippen LogP contribution in [0.1, 0.15) is 0 Å². The predicted molar refractivity (Wildman–Crippen MR) is 29.0 cm³/mol. The van der Waals surface area contributed by atoms with E-state index in [9.17, 15) is 4.79 Å². The highest BCUT2D eigenvalue weighted by Crippen LogP contribution is 2.03. The standard InChI is InChI=1S/C3H4Cl2O3/c1-7-3(6)8-2(4)5/h2H,1H3. The maximum atomic E-state index is 10.0. The SMILES string of the molecule is COC(=O)OC(Cl)Cl. The molecule has 0 aromatic rings. The molecule has 0 saturated heterocycles. The van der Waals surface area contributed by atoms with E-state index < -0.39 is 11.2 Å². The zero-order valence-electron chi connectivity index (χ0n) is 4.06. The van der Waals surface area contributed by atoms with Gasteiger partial charge in [0.2, 0.25) is 0 Å². The minimum Gasteiger partial charge on any atom is -0.438 e. The average Bonchev–Trinajstić information content (AvgIpc) is 1.65. The second kappa shape index (κ2) is 3.80. The highest BCUT2D eigenvalue weighted by molar-refractivity contribution is 6.43. The molecule has 5 heteroatoms. The summed E-state index contributed by atoms with van der Waals surface area (Å²) in [4.78, 5) is 10.0. The first-order valence-corrected chi connectivity index (χ1v) is 2.57. The number of halogens is 2. The number of hydrogen-bond donors (Lipinski definition) is 0. The lowest BCUT2D eigenvalue weighted by Crippen LogP contribution is -2.06. The van der Waals surface area contributed by atoms with Crippen molar-refractivity contribution in [3.63, 3.8) is 0 Å². The Balaban J connectivity index is 3.25. The van der Waals surface area contributed by atoms with Gasteiger partial charge in [0.25, 0.3) is 5.02 Å². The van der Waals surface area contributed by atoms with Crippen molar-refractivity contribution in [1.29, 1.82) is 0 Å². The molecule has 0 aromatic carbocycles. The molecule has 0 amide bonds. The van der Waals surface area contributed by atoms with Crippen molar-refractivity contribution in [2.75, 3.05) is 7.11 Å². The van der Waals surface area contributed by atoms with Gasteiger partial charge in [-0.3, -0.25) is 0 Å². The van der Waals surface area contributed by atoms with Gasteiger partial charge in [0.15, 0.2) is 0 Å². The number of carbonyl (C=O) groups excluding carboxylic acids is 1. The summed E-state index contributed by atoms with van der Waals surface area (Å²) in [6.07, 6.45) is -0.889. The van der Waals surface area contributed by atoms with Crippen LogP contribution in [0.3, 0.4) is 0 Å². The molecule has 0 bridgehead atoms. The van der Waals surface area contributed by atoms with Crippen molar-refractivity contribution in [3.8, 4) is 0 Å². The van der Waals surface area contributed by atoms with Crippen LogP contribution < -0.4 is 0 Å². The summed E-state index contributed by atoms with van der Waals surface area (Å²) >= 11 is 9.99. The third-order valence-corrected chi connectivity index (χ3v) is 0.530. The van der Waals surface area contributed by atoms with Crippen molar-refractivity contribution in [2.45, 2.75) is 5.02 Å². The summed E-state index contributed by atoms with van der Waals surface area (Å²) in [5.41, 5.74) is 0. The second-order valence-corrected chi connectivity index (χ2v) is 1.85. The van der Waals surface area contributed by atoms with E-state index in [1.165, 1.54) is 7.11 Å². The third-order valence-electron chi connectivity index (χ3n) is 0.352. The zero-order valence-corrected chi connectivity index (χ0v) is 5.57. The van der Waals surface area contributed by atoms with Gasteiger partial charge in [-0.25, -0.2) is 4.79 Å². The number of alkyl halides is 2. The Morgan fingerprint density at radius 1 is 1.62 bits per heavy atom. The first-order valence-electron chi connectivity index (χ1n) is 1.69. The van der Waals surface area contributed by atoms with E-state index in [1.54, 1.807) is 0 Å². The topological polar surface area (TPSA) is 35.5 Å². The quantitative estimate of drug-likeness (QED) is 0.429. The Morgan fingerprint density at radius 2 is 2.12 bits per heavy atom. The van der Waals surface area contributed by atoms with Gasteiger partial charge in [-0.2, -0.15) is 0 Å². The third kappa shape index (κ3) is 4.02. The number of hydrogen-bond acceptors (Lipinski definition) is 3. The van der Waals surface area contributed by atoms with Crippen LogP contribution in [0.25, 0.3) is 0 Å². The molecule has 48 valence electrons. The van der Waals surface area contributed by atoms with E-state index >= 15 is 0 Å². The van der Waals surface area contributed by atoms with E-state index in [1.807, 2.05) is 0 Å². The van der Waals surface area contributed by atoms with Crippen LogP contribution in [0.2, 0.25) is 0 Å². The summed E-state index contributed by atoms with van der Waals surface area (Å²) in [5.74, 6) is 0. The van der Waals surface area contributed by atoms with E-state index in [-0.39, 0.29) is 0 Å². The summed E-state index contributed by atoms with van der Waals surface area (Å²) < 4.78 is 8.10. The lowest BCUT2D eigenvalue weighted by Gasteiger charge is -1.99. The molecule has 0 radical (unpaired) electrons.